The standard InChI is InChI=1S/C12H17Cl2NO/c1-12(2,15)5-4-8-6-9(13)7-10(14)11(8)16-3/h6-7H,4-5,15H2,1-3H3. The first-order chi connectivity index (χ1) is 7.33. The number of nitrogens with two attached hydrogens (primary N) is 1. The van der Waals surface area contributed by atoms with Crippen molar-refractivity contribution in [1.82, 2.24) is 0 Å². The average molecular weight is 262 g/mol. The maximum Gasteiger partial charge on any atom is 0.140 e. The Morgan fingerprint density at radius 2 is 1.94 bits per heavy atom. The van der Waals surface area contributed by atoms with E-state index in [2.05, 4.69) is 0 Å². The van der Waals surface area contributed by atoms with Crippen molar-refractivity contribution in [3.63, 3.8) is 0 Å². The minimum Gasteiger partial charge on any atom is -0.495 e. The fourth-order valence-corrected chi connectivity index (χ4v) is 2.10. The molecule has 0 aliphatic rings. The summed E-state index contributed by atoms with van der Waals surface area (Å²) in [6.07, 6.45) is 1.65. The number of benzene rings is 1. The molecule has 16 heavy (non-hydrogen) atoms. The Kier molecular flexibility index (Phi) is 4.48. The van der Waals surface area contributed by atoms with E-state index in [9.17, 15) is 0 Å². The highest BCUT2D eigenvalue weighted by atomic mass is 35.5. The molecule has 0 fully saturated rings. The van der Waals surface area contributed by atoms with Gasteiger partial charge in [0.25, 0.3) is 0 Å². The third-order valence-electron chi connectivity index (χ3n) is 2.33. The summed E-state index contributed by atoms with van der Waals surface area (Å²) >= 11 is 12.0. The van der Waals surface area contributed by atoms with E-state index in [0.717, 1.165) is 18.4 Å². The van der Waals surface area contributed by atoms with Gasteiger partial charge in [0.2, 0.25) is 0 Å². The molecule has 0 radical (unpaired) electrons. The van der Waals surface area contributed by atoms with E-state index >= 15 is 0 Å². The fourth-order valence-electron chi connectivity index (χ4n) is 1.48. The van der Waals surface area contributed by atoms with Gasteiger partial charge < -0.3 is 10.5 Å². The van der Waals surface area contributed by atoms with Gasteiger partial charge in [0.1, 0.15) is 5.75 Å². The first-order valence-electron chi connectivity index (χ1n) is 5.14. The van der Waals surface area contributed by atoms with Crippen LogP contribution >= 0.6 is 23.2 Å². The smallest absolute Gasteiger partial charge is 0.140 e. The lowest BCUT2D eigenvalue weighted by molar-refractivity contribution is 0.404. The van der Waals surface area contributed by atoms with Crippen molar-refractivity contribution >= 4 is 23.2 Å². The zero-order valence-electron chi connectivity index (χ0n) is 9.81. The van der Waals surface area contributed by atoms with Crippen LogP contribution in [-0.4, -0.2) is 12.6 Å². The highest BCUT2D eigenvalue weighted by Gasteiger charge is 2.14. The number of hydrogen-bond acceptors (Lipinski definition) is 2. The molecule has 0 aromatic heterocycles. The Morgan fingerprint density at radius 1 is 1.31 bits per heavy atom. The van der Waals surface area contributed by atoms with Gasteiger partial charge in [-0.1, -0.05) is 23.2 Å². The van der Waals surface area contributed by atoms with E-state index in [0.29, 0.717) is 15.8 Å². The van der Waals surface area contributed by atoms with E-state index in [-0.39, 0.29) is 5.54 Å². The number of methoxy groups -OCH3 is 1. The fraction of sp³-hybridized carbons (Fsp3) is 0.500. The summed E-state index contributed by atoms with van der Waals surface area (Å²) in [5.74, 6) is 0.690. The van der Waals surface area contributed by atoms with Gasteiger partial charge in [-0.25, -0.2) is 0 Å². The summed E-state index contributed by atoms with van der Waals surface area (Å²) in [7, 11) is 1.60. The number of hydrogen-bond donors (Lipinski definition) is 1. The van der Waals surface area contributed by atoms with E-state index in [1.54, 1.807) is 13.2 Å². The summed E-state index contributed by atoms with van der Waals surface area (Å²) in [4.78, 5) is 0. The van der Waals surface area contributed by atoms with Gasteiger partial charge in [-0.2, -0.15) is 0 Å². The Labute approximate surface area is 107 Å². The van der Waals surface area contributed by atoms with E-state index in [1.807, 2.05) is 19.9 Å². The zero-order valence-corrected chi connectivity index (χ0v) is 11.3. The molecule has 0 aliphatic heterocycles. The van der Waals surface area contributed by atoms with Crippen molar-refractivity contribution in [3.05, 3.63) is 27.7 Å². The SMILES string of the molecule is COc1c(Cl)cc(Cl)cc1CCC(C)(C)N. The van der Waals surface area contributed by atoms with E-state index in [1.165, 1.54) is 0 Å². The topological polar surface area (TPSA) is 35.2 Å². The van der Waals surface area contributed by atoms with Crippen LogP contribution in [0, 0.1) is 0 Å². The number of rotatable bonds is 4. The maximum atomic E-state index is 6.04. The molecular weight excluding hydrogens is 245 g/mol. The Hall–Kier alpha value is -0.440. The molecule has 1 aromatic rings. The maximum absolute atomic E-state index is 6.04. The van der Waals surface area contributed by atoms with Crippen molar-refractivity contribution in [2.24, 2.45) is 5.73 Å². The van der Waals surface area contributed by atoms with Gasteiger partial charge in [-0.3, -0.25) is 0 Å². The second-order valence-corrected chi connectivity index (χ2v) is 5.41. The van der Waals surface area contributed by atoms with Crippen LogP contribution in [-0.2, 0) is 6.42 Å². The van der Waals surface area contributed by atoms with Crippen molar-refractivity contribution in [3.8, 4) is 5.75 Å². The average Bonchev–Trinajstić information content (AvgIpc) is 2.12. The van der Waals surface area contributed by atoms with Gasteiger partial charge in [0, 0.05) is 10.6 Å². The third-order valence-corrected chi connectivity index (χ3v) is 2.83. The molecule has 90 valence electrons. The molecule has 0 saturated carbocycles. The molecule has 0 heterocycles. The first-order valence-corrected chi connectivity index (χ1v) is 5.90. The van der Waals surface area contributed by atoms with Gasteiger partial charge in [0.05, 0.1) is 12.1 Å². The highest BCUT2D eigenvalue weighted by Crippen LogP contribution is 2.33. The quantitative estimate of drug-likeness (QED) is 0.898. The van der Waals surface area contributed by atoms with Crippen LogP contribution < -0.4 is 10.5 Å². The van der Waals surface area contributed by atoms with E-state index < -0.39 is 0 Å². The Bertz CT molecular complexity index is 372. The van der Waals surface area contributed by atoms with Crippen LogP contribution in [0.25, 0.3) is 0 Å². The minimum absolute atomic E-state index is 0.209. The lowest BCUT2D eigenvalue weighted by Crippen LogP contribution is -2.32. The molecule has 0 amide bonds. The van der Waals surface area contributed by atoms with Gasteiger partial charge in [0.15, 0.2) is 0 Å². The Morgan fingerprint density at radius 3 is 2.44 bits per heavy atom. The molecule has 0 atom stereocenters. The molecule has 2 N–H and O–H groups in total. The summed E-state index contributed by atoms with van der Waals surface area (Å²) < 4.78 is 5.26. The zero-order chi connectivity index (χ0) is 12.3. The van der Waals surface area contributed by atoms with Crippen molar-refractivity contribution in [2.75, 3.05) is 7.11 Å². The Balaban J connectivity index is 2.94. The predicted molar refractivity (Wildman–Crippen MR) is 69.6 cm³/mol. The highest BCUT2D eigenvalue weighted by molar-refractivity contribution is 6.35. The molecule has 2 nitrogen and oxygen atoms in total. The summed E-state index contributed by atoms with van der Waals surface area (Å²) in [6, 6.07) is 3.55. The van der Waals surface area contributed by atoms with Crippen LogP contribution in [0.2, 0.25) is 10.0 Å². The number of halogens is 2. The largest absolute Gasteiger partial charge is 0.495 e. The number of ether oxygens (including phenoxy) is 1. The summed E-state index contributed by atoms with van der Waals surface area (Å²) in [5, 5.41) is 1.16. The molecule has 4 heteroatoms. The second kappa shape index (κ2) is 5.26. The molecule has 0 spiro atoms. The van der Waals surface area contributed by atoms with Crippen LogP contribution in [0.1, 0.15) is 25.8 Å². The lowest BCUT2D eigenvalue weighted by atomic mass is 9.96. The first kappa shape index (κ1) is 13.6. The van der Waals surface area contributed by atoms with Gasteiger partial charge >= 0.3 is 0 Å². The summed E-state index contributed by atoms with van der Waals surface area (Å²) in [5.41, 5.74) is 6.73. The molecule has 1 aromatic carbocycles. The number of aryl methyl sites for hydroxylation is 1. The monoisotopic (exact) mass is 261 g/mol. The predicted octanol–water partition coefficient (Wildman–Crippen LogP) is 3.67. The molecule has 0 aliphatic carbocycles. The molecular formula is C12H17Cl2NO. The summed E-state index contributed by atoms with van der Waals surface area (Å²) in [6.45, 7) is 3.98. The van der Waals surface area contributed by atoms with Crippen LogP contribution in [0.4, 0.5) is 0 Å². The van der Waals surface area contributed by atoms with Crippen LogP contribution in [0.3, 0.4) is 0 Å². The van der Waals surface area contributed by atoms with Crippen LogP contribution in [0.15, 0.2) is 12.1 Å². The van der Waals surface area contributed by atoms with Gasteiger partial charge in [-0.15, -0.1) is 0 Å². The normalized spacial score (nSPS) is 11.6. The minimum atomic E-state index is -0.209. The molecule has 1 rings (SSSR count). The van der Waals surface area contributed by atoms with Crippen molar-refractivity contribution < 1.29 is 4.74 Å². The molecule has 0 saturated heterocycles. The second-order valence-electron chi connectivity index (χ2n) is 4.57. The van der Waals surface area contributed by atoms with Crippen molar-refractivity contribution in [1.29, 1.82) is 0 Å². The lowest BCUT2D eigenvalue weighted by Gasteiger charge is -2.19. The molecule has 0 unspecified atom stereocenters. The third kappa shape index (κ3) is 3.85. The van der Waals surface area contributed by atoms with Gasteiger partial charge in [-0.05, 0) is 44.4 Å². The van der Waals surface area contributed by atoms with E-state index in [4.69, 9.17) is 33.7 Å². The van der Waals surface area contributed by atoms with Crippen molar-refractivity contribution in [2.45, 2.75) is 32.2 Å². The molecule has 0 bridgehead atoms. The van der Waals surface area contributed by atoms with Crippen LogP contribution in [0.5, 0.6) is 5.75 Å².